The molecule has 0 aromatic heterocycles. The number of sulfone groups is 2. The van der Waals surface area contributed by atoms with Crippen LogP contribution < -0.4 is 10.2 Å². The zero-order valence-electron chi connectivity index (χ0n) is 15.6. The summed E-state index contributed by atoms with van der Waals surface area (Å²) in [6, 6.07) is 12.8. The first-order chi connectivity index (χ1) is 12.6. The first kappa shape index (κ1) is 19.7. The third kappa shape index (κ3) is 4.27. The van der Waals surface area contributed by atoms with Crippen molar-refractivity contribution in [3.8, 4) is 0 Å². The van der Waals surface area contributed by atoms with Crippen molar-refractivity contribution in [2.24, 2.45) is 0 Å². The van der Waals surface area contributed by atoms with E-state index in [2.05, 4.69) is 29.3 Å². The van der Waals surface area contributed by atoms with Gasteiger partial charge in [-0.2, -0.15) is 0 Å². The van der Waals surface area contributed by atoms with E-state index in [1.807, 2.05) is 12.1 Å². The number of hydrogen-bond acceptors (Lipinski definition) is 6. The molecule has 0 aliphatic carbocycles. The average Bonchev–Trinajstić information content (AvgIpc) is 2.89. The summed E-state index contributed by atoms with van der Waals surface area (Å²) in [5.74, 6) is 0. The molecule has 6 nitrogen and oxygen atoms in total. The highest BCUT2D eigenvalue weighted by molar-refractivity contribution is 7.91. The maximum atomic E-state index is 12.1. The molecule has 0 radical (unpaired) electrons. The molecule has 0 amide bonds. The Morgan fingerprint density at radius 1 is 1.04 bits per heavy atom. The largest absolute Gasteiger partial charge is 0.382 e. The molecule has 3 rings (SSSR count). The summed E-state index contributed by atoms with van der Waals surface area (Å²) in [5.41, 5.74) is 2.95. The van der Waals surface area contributed by atoms with Gasteiger partial charge in [0.25, 0.3) is 0 Å². The van der Waals surface area contributed by atoms with Crippen molar-refractivity contribution in [2.45, 2.75) is 29.2 Å². The van der Waals surface area contributed by atoms with E-state index in [4.69, 9.17) is 0 Å². The van der Waals surface area contributed by atoms with Crippen LogP contribution in [0.25, 0.3) is 0 Å². The Hall–Kier alpha value is -2.06. The number of para-hydroxylation sites is 1. The maximum Gasteiger partial charge on any atom is 0.177 e. The minimum Gasteiger partial charge on any atom is -0.382 e. The zero-order chi connectivity index (χ0) is 19.8. The molecule has 2 aromatic carbocycles. The van der Waals surface area contributed by atoms with Crippen LogP contribution in [0, 0.1) is 0 Å². The normalized spacial score (nSPS) is 17.0. The van der Waals surface area contributed by atoms with E-state index in [0.717, 1.165) is 25.5 Å². The Morgan fingerprint density at radius 3 is 2.41 bits per heavy atom. The van der Waals surface area contributed by atoms with Gasteiger partial charge in [-0.25, -0.2) is 16.8 Å². The summed E-state index contributed by atoms with van der Waals surface area (Å²) in [5, 5.41) is 3.16. The van der Waals surface area contributed by atoms with Gasteiger partial charge in [0.05, 0.1) is 15.5 Å². The molecular weight excluding hydrogens is 384 g/mol. The standard InChI is InChI=1S/C19H24N2O4S2/c1-14-12-15-6-4-5-7-18(15)21(14)11-10-20-17-9-8-16(26(2,22)23)13-19(17)27(3,24)25/h4-9,13-14,20H,10-12H2,1-3H3. The van der Waals surface area contributed by atoms with Gasteiger partial charge in [0.2, 0.25) is 0 Å². The fraction of sp³-hybridized carbons (Fsp3) is 0.368. The molecule has 1 atom stereocenters. The van der Waals surface area contributed by atoms with E-state index >= 15 is 0 Å². The highest BCUT2D eigenvalue weighted by Gasteiger charge is 2.25. The van der Waals surface area contributed by atoms with E-state index in [-0.39, 0.29) is 9.79 Å². The SMILES string of the molecule is CC1Cc2ccccc2N1CCNc1ccc(S(C)(=O)=O)cc1S(C)(=O)=O. The molecule has 1 unspecified atom stereocenters. The highest BCUT2D eigenvalue weighted by atomic mass is 32.2. The van der Waals surface area contributed by atoms with Crippen LogP contribution in [-0.2, 0) is 26.1 Å². The predicted octanol–water partition coefficient (Wildman–Crippen LogP) is 2.36. The number of nitrogens with zero attached hydrogens (tertiary/aromatic N) is 1. The van der Waals surface area contributed by atoms with Gasteiger partial charge in [-0.1, -0.05) is 18.2 Å². The van der Waals surface area contributed by atoms with Crippen LogP contribution in [0.5, 0.6) is 0 Å². The minimum atomic E-state index is -3.57. The van der Waals surface area contributed by atoms with Crippen LogP contribution >= 0.6 is 0 Å². The van der Waals surface area contributed by atoms with Gasteiger partial charge in [-0.15, -0.1) is 0 Å². The second-order valence-electron chi connectivity index (χ2n) is 7.00. The first-order valence-electron chi connectivity index (χ1n) is 8.70. The molecule has 27 heavy (non-hydrogen) atoms. The molecule has 0 saturated carbocycles. The third-order valence-electron chi connectivity index (χ3n) is 4.80. The van der Waals surface area contributed by atoms with Crippen molar-refractivity contribution in [1.82, 2.24) is 0 Å². The van der Waals surface area contributed by atoms with E-state index in [1.165, 1.54) is 29.4 Å². The summed E-state index contributed by atoms with van der Waals surface area (Å²) in [6.45, 7) is 3.43. The molecule has 0 bridgehead atoms. The summed E-state index contributed by atoms with van der Waals surface area (Å²) in [4.78, 5) is 2.30. The smallest absolute Gasteiger partial charge is 0.177 e. The number of benzene rings is 2. The molecule has 0 spiro atoms. The molecule has 1 N–H and O–H groups in total. The van der Waals surface area contributed by atoms with Gasteiger partial charge in [0, 0.05) is 37.3 Å². The molecule has 8 heteroatoms. The van der Waals surface area contributed by atoms with E-state index in [0.29, 0.717) is 18.3 Å². The van der Waals surface area contributed by atoms with Gasteiger partial charge in [-0.3, -0.25) is 0 Å². The third-order valence-corrected chi connectivity index (χ3v) is 7.04. The molecular formula is C19H24N2O4S2. The molecule has 0 saturated heterocycles. The van der Waals surface area contributed by atoms with Gasteiger partial charge < -0.3 is 10.2 Å². The first-order valence-corrected chi connectivity index (χ1v) is 12.5. The highest BCUT2D eigenvalue weighted by Crippen LogP contribution is 2.31. The molecule has 0 fully saturated rings. The van der Waals surface area contributed by atoms with Crippen LogP contribution in [0.15, 0.2) is 52.3 Å². The van der Waals surface area contributed by atoms with Crippen molar-refractivity contribution in [2.75, 3.05) is 35.8 Å². The molecule has 146 valence electrons. The van der Waals surface area contributed by atoms with Crippen LogP contribution in [0.4, 0.5) is 11.4 Å². The quantitative estimate of drug-likeness (QED) is 0.790. The van der Waals surface area contributed by atoms with Crippen LogP contribution in [0.1, 0.15) is 12.5 Å². The van der Waals surface area contributed by atoms with Crippen LogP contribution in [0.3, 0.4) is 0 Å². The van der Waals surface area contributed by atoms with Crippen molar-refractivity contribution >= 4 is 31.0 Å². The van der Waals surface area contributed by atoms with E-state index in [9.17, 15) is 16.8 Å². The molecule has 2 aromatic rings. The molecule has 1 aliphatic rings. The van der Waals surface area contributed by atoms with E-state index < -0.39 is 19.7 Å². The second-order valence-corrected chi connectivity index (χ2v) is 11.0. The lowest BCUT2D eigenvalue weighted by molar-refractivity contribution is 0.600. The van der Waals surface area contributed by atoms with Gasteiger partial charge in [-0.05, 0) is 43.2 Å². The second kappa shape index (κ2) is 7.16. The summed E-state index contributed by atoms with van der Waals surface area (Å²) < 4.78 is 47.7. The fourth-order valence-corrected chi connectivity index (χ4v) is 5.07. The van der Waals surface area contributed by atoms with Gasteiger partial charge in [0.15, 0.2) is 19.7 Å². The van der Waals surface area contributed by atoms with Crippen molar-refractivity contribution in [3.05, 3.63) is 48.0 Å². The van der Waals surface area contributed by atoms with Crippen LogP contribution in [-0.4, -0.2) is 48.5 Å². The van der Waals surface area contributed by atoms with E-state index in [1.54, 1.807) is 0 Å². The Bertz CT molecular complexity index is 1060. The Balaban J connectivity index is 1.79. The number of nitrogens with one attached hydrogen (secondary N) is 1. The van der Waals surface area contributed by atoms with Gasteiger partial charge >= 0.3 is 0 Å². The van der Waals surface area contributed by atoms with Crippen molar-refractivity contribution in [3.63, 3.8) is 0 Å². The van der Waals surface area contributed by atoms with Crippen LogP contribution in [0.2, 0.25) is 0 Å². The number of hydrogen-bond donors (Lipinski definition) is 1. The maximum absolute atomic E-state index is 12.1. The summed E-state index contributed by atoms with van der Waals surface area (Å²) in [7, 11) is -7.04. The Labute approximate surface area is 161 Å². The molecule has 1 aliphatic heterocycles. The van der Waals surface area contributed by atoms with Crippen molar-refractivity contribution < 1.29 is 16.8 Å². The monoisotopic (exact) mass is 408 g/mol. The fourth-order valence-electron chi connectivity index (χ4n) is 3.47. The van der Waals surface area contributed by atoms with Gasteiger partial charge in [0.1, 0.15) is 0 Å². The average molecular weight is 409 g/mol. The number of fused-ring (bicyclic) bond motifs is 1. The Kier molecular flexibility index (Phi) is 5.22. The number of anilines is 2. The van der Waals surface area contributed by atoms with Crippen molar-refractivity contribution in [1.29, 1.82) is 0 Å². The summed E-state index contributed by atoms with van der Waals surface area (Å²) in [6.07, 6.45) is 3.14. The minimum absolute atomic E-state index is 0.000274. The number of rotatable bonds is 6. The summed E-state index contributed by atoms with van der Waals surface area (Å²) >= 11 is 0. The lowest BCUT2D eigenvalue weighted by atomic mass is 10.1. The molecule has 1 heterocycles. The zero-order valence-corrected chi connectivity index (χ0v) is 17.3. The topological polar surface area (TPSA) is 83.6 Å². The predicted molar refractivity (Wildman–Crippen MR) is 108 cm³/mol. The lowest BCUT2D eigenvalue weighted by Gasteiger charge is -2.25. The lowest BCUT2D eigenvalue weighted by Crippen LogP contribution is -2.33. The Morgan fingerprint density at radius 2 is 1.74 bits per heavy atom.